The van der Waals surface area contributed by atoms with Crippen molar-refractivity contribution in [1.82, 2.24) is 16.0 Å². The highest BCUT2D eigenvalue weighted by atomic mass is 16.4. The Labute approximate surface area is 225 Å². The molecular formula is C24H38N8O7. The van der Waals surface area contributed by atoms with Gasteiger partial charge in [-0.1, -0.05) is 30.3 Å². The van der Waals surface area contributed by atoms with Crippen LogP contribution in [0.15, 0.2) is 35.3 Å². The Kier molecular flexibility index (Phi) is 13.9. The maximum absolute atomic E-state index is 13.3. The van der Waals surface area contributed by atoms with Crippen molar-refractivity contribution in [2.24, 2.45) is 27.9 Å². The van der Waals surface area contributed by atoms with Gasteiger partial charge >= 0.3 is 5.97 Å². The Bertz CT molecular complexity index is 1010. The number of nitrogens with zero attached hydrogens (tertiary/aromatic N) is 1. The molecule has 0 bridgehead atoms. The fourth-order valence-corrected chi connectivity index (χ4v) is 3.41. The number of aliphatic hydroxyl groups is 1. The number of carbonyl (C=O) groups is 5. The smallest absolute Gasteiger partial charge is 0.326 e. The maximum atomic E-state index is 13.3. The number of hydrogen-bond donors (Lipinski definition) is 9. The zero-order valence-corrected chi connectivity index (χ0v) is 21.7. The van der Waals surface area contributed by atoms with Crippen LogP contribution in [-0.2, 0) is 30.4 Å². The van der Waals surface area contributed by atoms with Crippen LogP contribution in [-0.4, -0.2) is 82.6 Å². The predicted octanol–water partition coefficient (Wildman–Crippen LogP) is -3.20. The van der Waals surface area contributed by atoms with Crippen LogP contribution in [0.4, 0.5) is 0 Å². The highest BCUT2D eigenvalue weighted by Crippen LogP contribution is 2.08. The third kappa shape index (κ3) is 12.7. The summed E-state index contributed by atoms with van der Waals surface area (Å²) in [6.07, 6.45) is -1.41. The number of carboxylic acid groups (broad SMARTS) is 1. The third-order valence-corrected chi connectivity index (χ3v) is 5.61. The van der Waals surface area contributed by atoms with E-state index in [2.05, 4.69) is 20.9 Å². The normalized spacial score (nSPS) is 14.5. The van der Waals surface area contributed by atoms with Crippen LogP contribution in [0.1, 0.15) is 38.2 Å². The van der Waals surface area contributed by atoms with Gasteiger partial charge in [-0.15, -0.1) is 0 Å². The minimum Gasteiger partial charge on any atom is -0.480 e. The first-order chi connectivity index (χ1) is 18.3. The van der Waals surface area contributed by atoms with E-state index in [0.717, 1.165) is 0 Å². The molecule has 5 atom stereocenters. The maximum Gasteiger partial charge on any atom is 0.326 e. The van der Waals surface area contributed by atoms with Crippen LogP contribution in [0.2, 0.25) is 0 Å². The number of aliphatic hydroxyl groups excluding tert-OH is 1. The minimum atomic E-state index is -1.43. The molecule has 0 saturated carbocycles. The molecule has 4 amide bonds. The number of amides is 4. The van der Waals surface area contributed by atoms with E-state index >= 15 is 0 Å². The zero-order valence-electron chi connectivity index (χ0n) is 21.7. The molecule has 0 aromatic heterocycles. The van der Waals surface area contributed by atoms with Crippen molar-refractivity contribution < 1.29 is 34.2 Å². The quantitative estimate of drug-likeness (QED) is 0.0531. The third-order valence-electron chi connectivity index (χ3n) is 5.61. The summed E-state index contributed by atoms with van der Waals surface area (Å²) in [5, 5.41) is 26.5. The number of aliphatic carboxylic acids is 1. The SMILES string of the molecule is CC(O)C(N)C(=O)NC(CCCN=C(N)N)C(=O)NC(Cc1ccccc1)C(=O)NC(CCC(N)=O)C(=O)O. The molecule has 1 aromatic rings. The molecule has 216 valence electrons. The van der Waals surface area contributed by atoms with Gasteiger partial charge in [-0.05, 0) is 31.7 Å². The van der Waals surface area contributed by atoms with Crippen LogP contribution in [0.5, 0.6) is 0 Å². The van der Waals surface area contributed by atoms with E-state index in [-0.39, 0.29) is 44.6 Å². The molecule has 0 aliphatic carbocycles. The number of aliphatic imine (C=N–C) groups is 1. The van der Waals surface area contributed by atoms with Crippen LogP contribution in [0.3, 0.4) is 0 Å². The standard InChI is InChI=1S/C24H38N8O7/c1-13(33)19(26)22(37)30-15(8-5-11-29-24(27)28)20(35)32-17(12-14-6-3-2-4-7-14)21(36)31-16(23(38)39)9-10-18(25)34/h2-4,6-7,13,15-17,19,33H,5,8-12,26H2,1H3,(H2,25,34)(H,30,37)(H,31,36)(H,32,35)(H,38,39)(H4,27,28,29). The molecule has 5 unspecified atom stereocenters. The Morgan fingerprint density at radius 2 is 1.44 bits per heavy atom. The molecule has 0 aliphatic rings. The summed E-state index contributed by atoms with van der Waals surface area (Å²) >= 11 is 0. The second kappa shape index (κ2) is 16.6. The first kappa shape index (κ1) is 32.8. The zero-order chi connectivity index (χ0) is 29.5. The van der Waals surface area contributed by atoms with E-state index in [1.165, 1.54) is 6.92 Å². The van der Waals surface area contributed by atoms with E-state index in [0.29, 0.717) is 5.56 Å². The summed E-state index contributed by atoms with van der Waals surface area (Å²) in [5.74, 6) is -4.65. The highest BCUT2D eigenvalue weighted by molar-refractivity contribution is 5.94. The molecular weight excluding hydrogens is 512 g/mol. The molecule has 0 aliphatic heterocycles. The second-order valence-corrected chi connectivity index (χ2v) is 8.93. The lowest BCUT2D eigenvalue weighted by Gasteiger charge is -2.25. The molecule has 39 heavy (non-hydrogen) atoms. The minimum absolute atomic E-state index is 0.0115. The summed E-state index contributed by atoms with van der Waals surface area (Å²) in [6, 6.07) is 3.45. The van der Waals surface area contributed by atoms with Crippen LogP contribution in [0, 0.1) is 0 Å². The van der Waals surface area contributed by atoms with Crippen LogP contribution >= 0.6 is 0 Å². The Balaban J connectivity index is 3.16. The van der Waals surface area contributed by atoms with E-state index in [9.17, 15) is 34.2 Å². The molecule has 15 heteroatoms. The molecule has 0 spiro atoms. The van der Waals surface area contributed by atoms with Crippen molar-refractivity contribution in [3.8, 4) is 0 Å². The number of carboxylic acids is 1. The fourth-order valence-electron chi connectivity index (χ4n) is 3.41. The number of nitrogens with one attached hydrogen (secondary N) is 3. The Hall–Kier alpha value is -4.24. The van der Waals surface area contributed by atoms with Crippen molar-refractivity contribution >= 4 is 35.6 Å². The average molecular weight is 551 g/mol. The van der Waals surface area contributed by atoms with Gasteiger partial charge in [0.1, 0.15) is 24.2 Å². The van der Waals surface area contributed by atoms with Gasteiger partial charge in [-0.3, -0.25) is 24.2 Å². The first-order valence-corrected chi connectivity index (χ1v) is 12.3. The van der Waals surface area contributed by atoms with Gasteiger partial charge in [0.05, 0.1) is 6.10 Å². The molecule has 0 heterocycles. The summed E-state index contributed by atoms with van der Waals surface area (Å²) in [6.45, 7) is 1.47. The number of nitrogens with two attached hydrogens (primary N) is 4. The predicted molar refractivity (Wildman–Crippen MR) is 142 cm³/mol. The van der Waals surface area contributed by atoms with E-state index in [4.69, 9.17) is 22.9 Å². The molecule has 1 rings (SSSR count). The molecule has 1 aromatic carbocycles. The number of hydrogen-bond acceptors (Lipinski definition) is 8. The van der Waals surface area contributed by atoms with Crippen LogP contribution in [0.25, 0.3) is 0 Å². The number of primary amides is 1. The first-order valence-electron chi connectivity index (χ1n) is 12.3. The number of benzene rings is 1. The highest BCUT2D eigenvalue weighted by Gasteiger charge is 2.31. The van der Waals surface area contributed by atoms with Gasteiger partial charge in [0, 0.05) is 19.4 Å². The Morgan fingerprint density at radius 1 is 0.872 bits per heavy atom. The monoisotopic (exact) mass is 550 g/mol. The Morgan fingerprint density at radius 3 is 1.97 bits per heavy atom. The van der Waals surface area contributed by atoms with E-state index in [1.54, 1.807) is 30.3 Å². The van der Waals surface area contributed by atoms with Crippen molar-refractivity contribution in [2.45, 2.75) is 69.3 Å². The summed E-state index contributed by atoms with van der Waals surface area (Å²) in [5.41, 5.74) is 22.1. The lowest BCUT2D eigenvalue weighted by molar-refractivity contribution is -0.142. The van der Waals surface area contributed by atoms with Gasteiger partial charge in [0.2, 0.25) is 23.6 Å². The molecule has 0 radical (unpaired) electrons. The van der Waals surface area contributed by atoms with Gasteiger partial charge in [0.15, 0.2) is 5.96 Å². The van der Waals surface area contributed by atoms with Gasteiger partial charge in [-0.25, -0.2) is 4.79 Å². The second-order valence-electron chi connectivity index (χ2n) is 8.93. The summed E-state index contributed by atoms with van der Waals surface area (Å²) in [4.78, 5) is 65.4. The number of rotatable bonds is 17. The van der Waals surface area contributed by atoms with Crippen molar-refractivity contribution in [1.29, 1.82) is 0 Å². The molecule has 15 nitrogen and oxygen atoms in total. The van der Waals surface area contributed by atoms with Crippen molar-refractivity contribution in [2.75, 3.05) is 6.54 Å². The van der Waals surface area contributed by atoms with E-state index in [1.807, 2.05) is 0 Å². The molecule has 0 fully saturated rings. The lowest BCUT2D eigenvalue weighted by Crippen LogP contribution is -2.58. The number of guanidine groups is 1. The fraction of sp³-hybridized carbons (Fsp3) is 0.500. The lowest BCUT2D eigenvalue weighted by atomic mass is 10.0. The van der Waals surface area contributed by atoms with Gasteiger partial charge in [-0.2, -0.15) is 0 Å². The van der Waals surface area contributed by atoms with Crippen molar-refractivity contribution in [3.05, 3.63) is 35.9 Å². The molecule has 0 saturated heterocycles. The largest absolute Gasteiger partial charge is 0.480 e. The molecule has 13 N–H and O–H groups in total. The van der Waals surface area contributed by atoms with E-state index < -0.39 is 59.9 Å². The topological polar surface area (TPSA) is 278 Å². The van der Waals surface area contributed by atoms with Crippen molar-refractivity contribution in [3.63, 3.8) is 0 Å². The number of carbonyl (C=O) groups excluding carboxylic acids is 4. The van der Waals surface area contributed by atoms with Gasteiger partial charge in [0.25, 0.3) is 0 Å². The summed E-state index contributed by atoms with van der Waals surface area (Å²) < 4.78 is 0. The summed E-state index contributed by atoms with van der Waals surface area (Å²) in [7, 11) is 0. The average Bonchev–Trinajstić information content (AvgIpc) is 2.87. The van der Waals surface area contributed by atoms with Gasteiger partial charge < -0.3 is 49.1 Å². The van der Waals surface area contributed by atoms with Crippen LogP contribution < -0.4 is 38.9 Å².